The Morgan fingerprint density at radius 1 is 0.758 bits per heavy atom. The van der Waals surface area contributed by atoms with E-state index >= 15 is 0 Å². The van der Waals surface area contributed by atoms with Crippen LogP contribution in [0.2, 0.25) is 0 Å². The van der Waals surface area contributed by atoms with Crippen molar-refractivity contribution >= 4 is 29.3 Å². The molecule has 3 aliphatic rings. The van der Waals surface area contributed by atoms with Gasteiger partial charge >= 0.3 is 0 Å². The van der Waals surface area contributed by atoms with Crippen LogP contribution >= 0.6 is 0 Å². The van der Waals surface area contributed by atoms with Crippen LogP contribution < -0.4 is 4.90 Å². The third-order valence-electron chi connectivity index (χ3n) is 6.96. The fourth-order valence-electron chi connectivity index (χ4n) is 5.44. The van der Waals surface area contributed by atoms with E-state index in [9.17, 15) is 19.2 Å². The lowest BCUT2D eigenvalue weighted by Crippen LogP contribution is -2.78. The first kappa shape index (κ1) is 19.4. The van der Waals surface area contributed by atoms with Crippen molar-refractivity contribution in [3.05, 3.63) is 101 Å². The average molecular weight is 437 g/mol. The van der Waals surface area contributed by atoms with Gasteiger partial charge in [-0.05, 0) is 23.8 Å². The number of carbonyl (C=O) groups excluding carboxylic acids is 4. The number of likely N-dealkylation sites (N-methyl/N-ethyl adjacent to an activating group) is 1. The van der Waals surface area contributed by atoms with Gasteiger partial charge in [-0.1, -0.05) is 60.7 Å². The fourth-order valence-corrected chi connectivity index (χ4v) is 5.44. The summed E-state index contributed by atoms with van der Waals surface area (Å²) in [7, 11) is 1.67. The molecular formula is C26H19N3O4. The first-order valence-corrected chi connectivity index (χ1v) is 10.7. The summed E-state index contributed by atoms with van der Waals surface area (Å²) in [5.41, 5.74) is 1.47. The van der Waals surface area contributed by atoms with E-state index in [4.69, 9.17) is 0 Å². The van der Waals surface area contributed by atoms with Crippen LogP contribution in [0.4, 0.5) is 5.69 Å². The van der Waals surface area contributed by atoms with Crippen LogP contribution in [-0.2, 0) is 15.1 Å². The predicted molar refractivity (Wildman–Crippen MR) is 120 cm³/mol. The van der Waals surface area contributed by atoms with Gasteiger partial charge in [0.05, 0.1) is 11.1 Å². The normalized spacial score (nSPS) is 23.7. The SMILES string of the molecule is CN1C(=O)CN2C(=O)[C@@H](N3C(=O)c4ccccc4C3=O)[C@]2(c2ccccc2)c2ccccc21. The molecule has 0 N–H and O–H groups in total. The molecule has 3 aliphatic heterocycles. The molecule has 1 fully saturated rings. The van der Waals surface area contributed by atoms with E-state index in [0.29, 0.717) is 11.3 Å². The number of β-lactam (4-membered cyclic amide) rings is 1. The first-order chi connectivity index (χ1) is 16.0. The lowest BCUT2D eigenvalue weighted by atomic mass is 9.67. The summed E-state index contributed by atoms with van der Waals surface area (Å²) in [6, 6.07) is 22.2. The second kappa shape index (κ2) is 6.62. The smallest absolute Gasteiger partial charge is 0.262 e. The molecule has 0 aliphatic carbocycles. The zero-order chi connectivity index (χ0) is 22.9. The maximum atomic E-state index is 13.6. The molecule has 0 saturated carbocycles. The Kier molecular flexibility index (Phi) is 3.90. The Morgan fingerprint density at radius 2 is 1.33 bits per heavy atom. The Morgan fingerprint density at radius 3 is 2.00 bits per heavy atom. The minimum Gasteiger partial charge on any atom is -0.315 e. The van der Waals surface area contributed by atoms with E-state index in [1.54, 1.807) is 31.3 Å². The number of rotatable bonds is 2. The average Bonchev–Trinajstić information content (AvgIpc) is 3.05. The molecule has 0 unspecified atom stereocenters. The lowest BCUT2D eigenvalue weighted by molar-refractivity contribution is -0.167. The topological polar surface area (TPSA) is 78.0 Å². The number of hydrogen-bond donors (Lipinski definition) is 0. The number of imide groups is 1. The summed E-state index contributed by atoms with van der Waals surface area (Å²) in [4.78, 5) is 57.6. The Bertz CT molecular complexity index is 1330. The van der Waals surface area contributed by atoms with Crippen molar-refractivity contribution < 1.29 is 19.2 Å². The number of para-hydroxylation sites is 1. The minimum absolute atomic E-state index is 0.154. The van der Waals surface area contributed by atoms with Gasteiger partial charge in [0.2, 0.25) is 5.91 Å². The molecule has 3 heterocycles. The van der Waals surface area contributed by atoms with Gasteiger partial charge in [-0.2, -0.15) is 0 Å². The molecule has 162 valence electrons. The summed E-state index contributed by atoms with van der Waals surface area (Å²) >= 11 is 0. The third kappa shape index (κ3) is 2.28. The minimum atomic E-state index is -1.18. The number of nitrogens with zero attached hydrogens (tertiary/aromatic N) is 3. The van der Waals surface area contributed by atoms with Crippen molar-refractivity contribution in [3.63, 3.8) is 0 Å². The highest BCUT2D eigenvalue weighted by atomic mass is 16.2. The van der Waals surface area contributed by atoms with Crippen molar-refractivity contribution in [2.75, 3.05) is 18.5 Å². The second-order valence-electron chi connectivity index (χ2n) is 8.46. The molecule has 0 spiro atoms. The molecule has 1 saturated heterocycles. The van der Waals surface area contributed by atoms with Gasteiger partial charge in [0, 0.05) is 18.3 Å². The number of carbonyl (C=O) groups is 4. The summed E-state index contributed by atoms with van der Waals surface area (Å²) < 4.78 is 0. The molecule has 4 amide bonds. The van der Waals surface area contributed by atoms with Crippen LogP contribution in [0.5, 0.6) is 0 Å². The van der Waals surface area contributed by atoms with Crippen molar-refractivity contribution in [2.24, 2.45) is 0 Å². The van der Waals surface area contributed by atoms with Gasteiger partial charge < -0.3 is 9.80 Å². The highest BCUT2D eigenvalue weighted by Gasteiger charge is 2.69. The summed E-state index contributed by atoms with van der Waals surface area (Å²) in [5.74, 6) is -1.66. The number of anilines is 1. The largest absolute Gasteiger partial charge is 0.315 e. The number of amides is 4. The van der Waals surface area contributed by atoms with E-state index in [1.807, 2.05) is 54.6 Å². The molecule has 3 aromatic carbocycles. The Labute approximate surface area is 189 Å². The molecule has 3 aromatic rings. The predicted octanol–water partition coefficient (Wildman–Crippen LogP) is 2.41. The van der Waals surface area contributed by atoms with Crippen molar-refractivity contribution in [1.29, 1.82) is 0 Å². The molecule has 2 atom stereocenters. The Balaban J connectivity index is 1.64. The lowest BCUT2D eigenvalue weighted by Gasteiger charge is -2.58. The maximum absolute atomic E-state index is 13.6. The summed E-state index contributed by atoms with van der Waals surface area (Å²) in [6.45, 7) is -0.154. The zero-order valence-electron chi connectivity index (χ0n) is 17.8. The zero-order valence-corrected chi connectivity index (χ0v) is 17.8. The number of benzene rings is 3. The fraction of sp³-hybridized carbons (Fsp3) is 0.154. The van der Waals surface area contributed by atoms with E-state index in [2.05, 4.69) is 0 Å². The maximum Gasteiger partial charge on any atom is 0.262 e. The molecule has 7 heteroatoms. The summed E-state index contributed by atoms with van der Waals surface area (Å²) in [6.07, 6.45) is 0. The van der Waals surface area contributed by atoms with Gasteiger partial charge in [-0.15, -0.1) is 0 Å². The van der Waals surface area contributed by atoms with Crippen LogP contribution in [0.3, 0.4) is 0 Å². The molecule has 0 radical (unpaired) electrons. The van der Waals surface area contributed by atoms with Gasteiger partial charge in [0.1, 0.15) is 12.1 Å². The summed E-state index contributed by atoms with van der Waals surface area (Å²) in [5, 5.41) is 0. The molecule has 7 nitrogen and oxygen atoms in total. The molecule has 33 heavy (non-hydrogen) atoms. The van der Waals surface area contributed by atoms with E-state index in [1.165, 1.54) is 9.80 Å². The van der Waals surface area contributed by atoms with Crippen LogP contribution in [0.25, 0.3) is 0 Å². The van der Waals surface area contributed by atoms with Gasteiger partial charge in [0.25, 0.3) is 17.7 Å². The van der Waals surface area contributed by atoms with Gasteiger partial charge in [-0.3, -0.25) is 24.1 Å². The van der Waals surface area contributed by atoms with Crippen molar-refractivity contribution in [1.82, 2.24) is 9.80 Å². The standard InChI is InChI=1S/C26H19N3O4/c1-27-20-14-8-7-13-19(20)26(16-9-3-2-4-10-16)22(25(33)28(26)15-21(27)30)29-23(31)17-11-5-6-12-18(17)24(29)32/h2-14,22H,15H2,1H3/t22-,26+/m1/s1. The van der Waals surface area contributed by atoms with E-state index in [0.717, 1.165) is 10.5 Å². The second-order valence-corrected chi connectivity index (χ2v) is 8.46. The van der Waals surface area contributed by atoms with Crippen molar-refractivity contribution in [3.8, 4) is 0 Å². The van der Waals surface area contributed by atoms with Crippen molar-refractivity contribution in [2.45, 2.75) is 11.6 Å². The van der Waals surface area contributed by atoms with Gasteiger partial charge in [-0.25, -0.2) is 0 Å². The molecule has 6 rings (SSSR count). The quantitative estimate of drug-likeness (QED) is 0.456. The Hall–Kier alpha value is -4.26. The monoisotopic (exact) mass is 437 g/mol. The molecule has 0 aromatic heterocycles. The van der Waals surface area contributed by atoms with Crippen LogP contribution in [-0.4, -0.2) is 53.1 Å². The number of fused-ring (bicyclic) bond motifs is 4. The van der Waals surface area contributed by atoms with Crippen LogP contribution in [0, 0.1) is 0 Å². The van der Waals surface area contributed by atoms with Crippen LogP contribution in [0.1, 0.15) is 31.8 Å². The molecular weight excluding hydrogens is 418 g/mol. The number of hydrogen-bond acceptors (Lipinski definition) is 4. The first-order valence-electron chi connectivity index (χ1n) is 10.7. The van der Waals surface area contributed by atoms with E-state index in [-0.39, 0.29) is 23.6 Å². The molecule has 0 bridgehead atoms. The van der Waals surface area contributed by atoms with Crippen LogP contribution in [0.15, 0.2) is 78.9 Å². The van der Waals surface area contributed by atoms with Gasteiger partial charge in [0.15, 0.2) is 6.04 Å². The highest BCUT2D eigenvalue weighted by molar-refractivity contribution is 6.24. The third-order valence-corrected chi connectivity index (χ3v) is 6.96. The van der Waals surface area contributed by atoms with E-state index < -0.39 is 29.3 Å². The highest BCUT2D eigenvalue weighted by Crippen LogP contribution is 2.54.